The number of benzene rings is 2. The topological polar surface area (TPSA) is 111 Å². The molecule has 1 amide bonds. The van der Waals surface area contributed by atoms with E-state index >= 15 is 0 Å². The van der Waals surface area contributed by atoms with Crippen molar-refractivity contribution in [1.82, 2.24) is 5.32 Å². The first-order valence-electron chi connectivity index (χ1n) is 10.9. The normalized spacial score (nSPS) is 18.3. The first kappa shape index (κ1) is 24.6. The van der Waals surface area contributed by atoms with Gasteiger partial charge in [-0.05, 0) is 68.9 Å². The van der Waals surface area contributed by atoms with E-state index in [-0.39, 0.29) is 28.2 Å². The fourth-order valence-corrected chi connectivity index (χ4v) is 4.99. The van der Waals surface area contributed by atoms with Crippen molar-refractivity contribution in [3.63, 3.8) is 0 Å². The molecule has 8 nitrogen and oxygen atoms in total. The van der Waals surface area contributed by atoms with Crippen LogP contribution in [0.3, 0.4) is 0 Å². The average molecular weight is 475 g/mol. The number of sulfonamides is 1. The standard InChI is InChI=1S/C24H30N2O6S/c1-16-4-9-19(10-5-16)25-23(27)15-32-24(28)18-8-13-21(31-3)22(14-18)33(29,30)26-20-11-6-17(2)7-12-20/h6-8,11-14,16,19,26H,4-5,9-10,15H2,1-3H3,(H,25,27). The smallest absolute Gasteiger partial charge is 0.338 e. The largest absolute Gasteiger partial charge is 0.495 e. The Morgan fingerprint density at radius 2 is 1.70 bits per heavy atom. The van der Waals surface area contributed by atoms with Crippen LogP contribution in [0.25, 0.3) is 0 Å². The van der Waals surface area contributed by atoms with Crippen LogP contribution in [0.2, 0.25) is 0 Å². The Hall–Kier alpha value is -3.07. The molecule has 3 rings (SSSR count). The maximum absolute atomic E-state index is 12.9. The van der Waals surface area contributed by atoms with Gasteiger partial charge in [-0.1, -0.05) is 24.6 Å². The molecule has 1 aliphatic rings. The van der Waals surface area contributed by atoms with E-state index in [0.717, 1.165) is 31.2 Å². The lowest BCUT2D eigenvalue weighted by molar-refractivity contribution is -0.125. The van der Waals surface area contributed by atoms with E-state index in [9.17, 15) is 18.0 Å². The van der Waals surface area contributed by atoms with E-state index in [0.29, 0.717) is 11.6 Å². The number of amides is 1. The predicted molar refractivity (Wildman–Crippen MR) is 125 cm³/mol. The highest BCUT2D eigenvalue weighted by molar-refractivity contribution is 7.92. The van der Waals surface area contributed by atoms with Gasteiger partial charge in [-0.25, -0.2) is 13.2 Å². The van der Waals surface area contributed by atoms with Gasteiger partial charge >= 0.3 is 5.97 Å². The highest BCUT2D eigenvalue weighted by Gasteiger charge is 2.24. The summed E-state index contributed by atoms with van der Waals surface area (Å²) < 4.78 is 38.7. The Balaban J connectivity index is 1.67. The molecule has 0 aliphatic heterocycles. The SMILES string of the molecule is COc1ccc(C(=O)OCC(=O)NC2CCC(C)CC2)cc1S(=O)(=O)Nc1ccc(C)cc1. The van der Waals surface area contributed by atoms with Crippen LogP contribution in [0.5, 0.6) is 5.75 Å². The molecule has 1 saturated carbocycles. The number of carbonyl (C=O) groups is 2. The molecule has 9 heteroatoms. The lowest BCUT2D eigenvalue weighted by Gasteiger charge is -2.26. The molecule has 0 radical (unpaired) electrons. The Labute approximate surface area is 194 Å². The molecule has 0 aromatic heterocycles. The summed E-state index contributed by atoms with van der Waals surface area (Å²) >= 11 is 0. The molecule has 1 aliphatic carbocycles. The molecule has 0 saturated heterocycles. The number of methoxy groups -OCH3 is 1. The number of hydrogen-bond donors (Lipinski definition) is 2. The maximum atomic E-state index is 12.9. The molecule has 178 valence electrons. The van der Waals surface area contributed by atoms with E-state index in [1.54, 1.807) is 24.3 Å². The predicted octanol–water partition coefficient (Wildman–Crippen LogP) is 3.66. The number of rotatable bonds is 8. The third kappa shape index (κ3) is 6.71. The van der Waals surface area contributed by atoms with Crippen molar-refractivity contribution in [3.8, 4) is 5.75 Å². The second-order valence-electron chi connectivity index (χ2n) is 8.44. The summed E-state index contributed by atoms with van der Waals surface area (Å²) in [6.45, 7) is 3.66. The van der Waals surface area contributed by atoms with Gasteiger partial charge in [-0.2, -0.15) is 0 Å². The number of esters is 1. The van der Waals surface area contributed by atoms with Gasteiger partial charge in [0.25, 0.3) is 15.9 Å². The fourth-order valence-electron chi connectivity index (χ4n) is 3.73. The summed E-state index contributed by atoms with van der Waals surface area (Å²) in [5.41, 5.74) is 1.37. The minimum Gasteiger partial charge on any atom is -0.495 e. The Morgan fingerprint density at radius 1 is 1.03 bits per heavy atom. The molecule has 0 bridgehead atoms. The second kappa shape index (κ2) is 10.7. The number of aryl methyl sites for hydroxylation is 1. The van der Waals surface area contributed by atoms with Crippen LogP contribution in [0.1, 0.15) is 48.5 Å². The minimum absolute atomic E-state index is 0.000581. The lowest BCUT2D eigenvalue weighted by atomic mass is 9.87. The fraction of sp³-hybridized carbons (Fsp3) is 0.417. The number of anilines is 1. The quantitative estimate of drug-likeness (QED) is 0.565. The highest BCUT2D eigenvalue weighted by atomic mass is 32.2. The number of nitrogens with one attached hydrogen (secondary N) is 2. The molecule has 2 N–H and O–H groups in total. The van der Waals surface area contributed by atoms with Crippen LogP contribution in [0.15, 0.2) is 47.4 Å². The van der Waals surface area contributed by atoms with Gasteiger partial charge < -0.3 is 14.8 Å². The first-order valence-corrected chi connectivity index (χ1v) is 12.4. The molecule has 0 heterocycles. The molecule has 0 spiro atoms. The Kier molecular flexibility index (Phi) is 7.97. The van der Waals surface area contributed by atoms with Crippen molar-refractivity contribution < 1.29 is 27.5 Å². The molecule has 33 heavy (non-hydrogen) atoms. The van der Waals surface area contributed by atoms with Gasteiger partial charge in [0.05, 0.1) is 12.7 Å². The summed E-state index contributed by atoms with van der Waals surface area (Å²) in [5, 5.41) is 2.89. The molecule has 0 unspecified atom stereocenters. The van der Waals surface area contributed by atoms with Crippen molar-refractivity contribution in [3.05, 3.63) is 53.6 Å². The summed E-state index contributed by atoms with van der Waals surface area (Å²) in [7, 11) is -2.70. The van der Waals surface area contributed by atoms with E-state index in [1.807, 2.05) is 6.92 Å². The zero-order valence-corrected chi connectivity index (χ0v) is 19.9. The number of hydrogen-bond acceptors (Lipinski definition) is 6. The average Bonchev–Trinajstić information content (AvgIpc) is 2.80. The lowest BCUT2D eigenvalue weighted by Crippen LogP contribution is -2.39. The van der Waals surface area contributed by atoms with Crippen molar-refractivity contribution in [2.45, 2.75) is 50.5 Å². The van der Waals surface area contributed by atoms with Crippen LogP contribution in [0, 0.1) is 12.8 Å². The van der Waals surface area contributed by atoms with Crippen LogP contribution in [-0.4, -0.2) is 40.1 Å². The maximum Gasteiger partial charge on any atom is 0.338 e. The monoisotopic (exact) mass is 474 g/mol. The first-order chi connectivity index (χ1) is 15.7. The Bertz CT molecular complexity index is 1090. The number of ether oxygens (including phenoxy) is 2. The van der Waals surface area contributed by atoms with Gasteiger partial charge in [0.15, 0.2) is 6.61 Å². The van der Waals surface area contributed by atoms with Crippen LogP contribution in [0.4, 0.5) is 5.69 Å². The summed E-state index contributed by atoms with van der Waals surface area (Å²) in [5.74, 6) is -0.422. The van der Waals surface area contributed by atoms with Crippen LogP contribution >= 0.6 is 0 Å². The van der Waals surface area contributed by atoms with E-state index < -0.39 is 22.6 Å². The molecule has 2 aromatic rings. The van der Waals surface area contributed by atoms with Gasteiger partial charge in [0, 0.05) is 11.7 Å². The van der Waals surface area contributed by atoms with Crippen molar-refractivity contribution in [1.29, 1.82) is 0 Å². The minimum atomic E-state index is -4.04. The van der Waals surface area contributed by atoms with E-state index in [1.165, 1.54) is 25.3 Å². The third-order valence-electron chi connectivity index (χ3n) is 5.71. The summed E-state index contributed by atoms with van der Waals surface area (Å²) in [6, 6.07) is 10.9. The second-order valence-corrected chi connectivity index (χ2v) is 10.1. The highest BCUT2D eigenvalue weighted by Crippen LogP contribution is 2.27. The Morgan fingerprint density at radius 3 is 2.33 bits per heavy atom. The molecule has 2 aromatic carbocycles. The van der Waals surface area contributed by atoms with E-state index in [2.05, 4.69) is 17.0 Å². The number of carbonyl (C=O) groups excluding carboxylic acids is 2. The third-order valence-corrected chi connectivity index (χ3v) is 7.11. The van der Waals surface area contributed by atoms with Gasteiger partial charge in [0.2, 0.25) is 0 Å². The molecular weight excluding hydrogens is 444 g/mol. The molecule has 1 fully saturated rings. The molecule has 0 atom stereocenters. The van der Waals surface area contributed by atoms with Gasteiger partial charge in [-0.15, -0.1) is 0 Å². The van der Waals surface area contributed by atoms with Crippen molar-refractivity contribution in [2.75, 3.05) is 18.4 Å². The van der Waals surface area contributed by atoms with Crippen molar-refractivity contribution >= 4 is 27.6 Å². The summed E-state index contributed by atoms with van der Waals surface area (Å²) in [6.07, 6.45) is 3.94. The van der Waals surface area contributed by atoms with Gasteiger partial charge in [0.1, 0.15) is 10.6 Å². The van der Waals surface area contributed by atoms with Crippen molar-refractivity contribution in [2.24, 2.45) is 5.92 Å². The van der Waals surface area contributed by atoms with Gasteiger partial charge in [-0.3, -0.25) is 9.52 Å². The van der Waals surface area contributed by atoms with Crippen LogP contribution < -0.4 is 14.8 Å². The molecular formula is C24H30N2O6S. The zero-order chi connectivity index (χ0) is 24.0. The van der Waals surface area contributed by atoms with E-state index in [4.69, 9.17) is 9.47 Å². The van der Waals surface area contributed by atoms with Crippen LogP contribution in [-0.2, 0) is 19.6 Å². The zero-order valence-electron chi connectivity index (χ0n) is 19.1. The summed E-state index contributed by atoms with van der Waals surface area (Å²) in [4.78, 5) is 24.5.